The number of nitrogens with zero attached hydrogens (tertiary/aromatic N) is 2. The van der Waals surface area contributed by atoms with E-state index in [2.05, 4.69) is 15.1 Å². The summed E-state index contributed by atoms with van der Waals surface area (Å²) in [6.07, 6.45) is 4.09. The molecule has 2 heterocycles. The number of allylic oxidation sites excluding steroid dienone is 1. The van der Waals surface area contributed by atoms with Crippen molar-refractivity contribution >= 4 is 38.3 Å². The highest BCUT2D eigenvalue weighted by atomic mass is 32.2. The largest absolute Gasteiger partial charge is 0.422 e. The third-order valence-corrected chi connectivity index (χ3v) is 6.81. The van der Waals surface area contributed by atoms with E-state index in [0.29, 0.717) is 28.2 Å². The van der Waals surface area contributed by atoms with Gasteiger partial charge in [-0.2, -0.15) is 5.10 Å². The van der Waals surface area contributed by atoms with E-state index in [4.69, 9.17) is 4.42 Å². The molecular formula is C27H20N4O5S. The summed E-state index contributed by atoms with van der Waals surface area (Å²) < 4.78 is 35.1. The molecule has 0 aliphatic rings. The number of fused-ring (bicyclic) bond motifs is 1. The van der Waals surface area contributed by atoms with E-state index < -0.39 is 21.4 Å². The van der Waals surface area contributed by atoms with Crippen molar-refractivity contribution < 1.29 is 17.6 Å². The molecule has 2 aromatic heterocycles. The molecule has 0 radical (unpaired) electrons. The van der Waals surface area contributed by atoms with Crippen molar-refractivity contribution in [1.82, 2.24) is 9.78 Å². The summed E-state index contributed by atoms with van der Waals surface area (Å²) in [6.45, 7) is 0. The molecule has 0 atom stereocenters. The molecule has 0 amide bonds. The summed E-state index contributed by atoms with van der Waals surface area (Å²) in [5, 5.41) is 7.72. The molecule has 37 heavy (non-hydrogen) atoms. The molecule has 0 unspecified atom stereocenters. The Morgan fingerprint density at radius 3 is 2.43 bits per heavy atom. The van der Waals surface area contributed by atoms with E-state index in [9.17, 15) is 18.0 Å². The summed E-state index contributed by atoms with van der Waals surface area (Å²) >= 11 is 0. The van der Waals surface area contributed by atoms with Crippen LogP contribution in [0.25, 0.3) is 16.7 Å². The minimum atomic E-state index is -3.88. The lowest BCUT2D eigenvalue weighted by atomic mass is 10.1. The molecule has 0 spiro atoms. The minimum absolute atomic E-state index is 0.0488. The predicted octanol–water partition coefficient (Wildman–Crippen LogP) is 4.59. The van der Waals surface area contributed by atoms with E-state index in [1.54, 1.807) is 42.5 Å². The highest BCUT2D eigenvalue weighted by Crippen LogP contribution is 2.21. The number of carbonyl (C=O) groups excluding carboxylic acids is 1. The number of nitrogens with one attached hydrogen (secondary N) is 2. The molecule has 2 N–H and O–H groups in total. The van der Waals surface area contributed by atoms with Gasteiger partial charge in [0.05, 0.1) is 16.8 Å². The first-order valence-electron chi connectivity index (χ1n) is 11.1. The number of hydrogen-bond donors (Lipinski definition) is 2. The molecule has 0 fully saturated rings. The number of aromatic nitrogens is 2. The number of ketones is 1. The van der Waals surface area contributed by atoms with E-state index >= 15 is 0 Å². The zero-order valence-corrected chi connectivity index (χ0v) is 20.1. The van der Waals surface area contributed by atoms with Crippen LogP contribution >= 0.6 is 0 Å². The fraction of sp³-hybridized carbons (Fsp3) is 0. The lowest BCUT2D eigenvalue weighted by Crippen LogP contribution is -2.16. The lowest BCUT2D eigenvalue weighted by Gasteiger charge is -2.11. The number of benzene rings is 3. The number of rotatable bonds is 8. The van der Waals surface area contributed by atoms with Gasteiger partial charge in [0.2, 0.25) is 0 Å². The first-order valence-corrected chi connectivity index (χ1v) is 12.6. The normalized spacial score (nSPS) is 11.6. The molecule has 0 saturated carbocycles. The van der Waals surface area contributed by atoms with Crippen molar-refractivity contribution in [3.63, 3.8) is 0 Å². The molecule has 0 bridgehead atoms. The molecule has 5 aromatic rings. The molecule has 9 nitrogen and oxygen atoms in total. The van der Waals surface area contributed by atoms with Crippen LogP contribution in [0.3, 0.4) is 0 Å². The second-order valence-electron chi connectivity index (χ2n) is 7.92. The highest BCUT2D eigenvalue weighted by molar-refractivity contribution is 7.92. The van der Waals surface area contributed by atoms with Gasteiger partial charge in [0.1, 0.15) is 17.0 Å². The van der Waals surface area contributed by atoms with Crippen LogP contribution in [0, 0.1) is 0 Å². The van der Waals surface area contributed by atoms with E-state index in [0.717, 1.165) is 0 Å². The topological polar surface area (TPSA) is 123 Å². The van der Waals surface area contributed by atoms with Crippen molar-refractivity contribution in [3.8, 4) is 5.69 Å². The maximum atomic E-state index is 12.9. The van der Waals surface area contributed by atoms with Crippen LogP contribution < -0.4 is 15.7 Å². The van der Waals surface area contributed by atoms with Gasteiger partial charge in [0.25, 0.3) is 10.0 Å². The van der Waals surface area contributed by atoms with Crippen LogP contribution in [-0.2, 0) is 10.0 Å². The summed E-state index contributed by atoms with van der Waals surface area (Å²) in [4.78, 5) is 24.7. The van der Waals surface area contributed by atoms with Gasteiger partial charge in [-0.1, -0.05) is 36.4 Å². The number of hydrogen-bond acceptors (Lipinski definition) is 7. The minimum Gasteiger partial charge on any atom is -0.422 e. The van der Waals surface area contributed by atoms with Gasteiger partial charge < -0.3 is 9.73 Å². The number of carbonyl (C=O) groups is 1. The van der Waals surface area contributed by atoms with Crippen molar-refractivity contribution in [1.29, 1.82) is 0 Å². The molecule has 0 aliphatic carbocycles. The van der Waals surface area contributed by atoms with Crippen LogP contribution in [0.4, 0.5) is 11.5 Å². The van der Waals surface area contributed by atoms with Crippen molar-refractivity contribution in [2.24, 2.45) is 0 Å². The van der Waals surface area contributed by atoms with E-state index in [1.165, 1.54) is 41.4 Å². The second-order valence-corrected chi connectivity index (χ2v) is 9.60. The molecule has 0 saturated heterocycles. The third-order valence-electron chi connectivity index (χ3n) is 5.44. The zero-order valence-electron chi connectivity index (χ0n) is 19.2. The monoisotopic (exact) mass is 512 g/mol. The Kier molecular flexibility index (Phi) is 6.40. The van der Waals surface area contributed by atoms with Crippen molar-refractivity contribution in [2.45, 2.75) is 4.90 Å². The Balaban J connectivity index is 1.26. The Bertz CT molecular complexity index is 1770. The molecule has 184 valence electrons. The lowest BCUT2D eigenvalue weighted by molar-refractivity contribution is 0.104. The van der Waals surface area contributed by atoms with Gasteiger partial charge in [0, 0.05) is 29.4 Å². The van der Waals surface area contributed by atoms with Gasteiger partial charge in [-0.3, -0.25) is 9.52 Å². The van der Waals surface area contributed by atoms with Crippen LogP contribution in [-0.4, -0.2) is 24.0 Å². The Hall–Kier alpha value is -4.96. The Morgan fingerprint density at radius 1 is 0.919 bits per heavy atom. The van der Waals surface area contributed by atoms with Gasteiger partial charge in [-0.05, 0) is 48.5 Å². The summed E-state index contributed by atoms with van der Waals surface area (Å²) in [6, 6.07) is 25.1. The number of para-hydroxylation sites is 2. The van der Waals surface area contributed by atoms with Crippen LogP contribution in [0.5, 0.6) is 0 Å². The van der Waals surface area contributed by atoms with Crippen LogP contribution in [0.1, 0.15) is 10.4 Å². The summed E-state index contributed by atoms with van der Waals surface area (Å²) in [5.41, 5.74) is 0.860. The van der Waals surface area contributed by atoms with Crippen LogP contribution in [0.15, 0.2) is 124 Å². The number of sulfonamides is 1. The first kappa shape index (κ1) is 23.8. The van der Waals surface area contributed by atoms with Gasteiger partial charge in [-0.25, -0.2) is 17.9 Å². The van der Waals surface area contributed by atoms with Crippen molar-refractivity contribution in [2.75, 3.05) is 10.0 Å². The Morgan fingerprint density at radius 2 is 1.65 bits per heavy atom. The average molecular weight is 513 g/mol. The third kappa shape index (κ3) is 5.19. The molecule has 5 rings (SSSR count). The van der Waals surface area contributed by atoms with E-state index in [-0.39, 0.29) is 10.5 Å². The second kappa shape index (κ2) is 9.96. The smallest absolute Gasteiger partial charge is 0.347 e. The fourth-order valence-corrected chi connectivity index (χ4v) is 4.66. The zero-order chi connectivity index (χ0) is 25.8. The molecule has 10 heteroatoms. The SMILES string of the molecule is O=C(/C=C\Nc1ccc(S(=O)(=O)Nc2ccnn2-c2ccccc2)cc1)c1cc2ccccc2oc1=O. The highest BCUT2D eigenvalue weighted by Gasteiger charge is 2.17. The average Bonchev–Trinajstić information content (AvgIpc) is 3.36. The van der Waals surface area contributed by atoms with Crippen molar-refractivity contribution in [3.05, 3.63) is 125 Å². The summed E-state index contributed by atoms with van der Waals surface area (Å²) in [7, 11) is -3.88. The number of anilines is 2. The molecule has 3 aromatic carbocycles. The standard InChI is InChI=1S/C27H20N4O5S/c32-24(23-18-19-6-4-5-9-25(19)36-27(23)33)14-16-28-20-10-12-22(13-11-20)37(34,35)30-26-15-17-29-31(26)21-7-2-1-3-8-21/h1-18,28,30H/b16-14-. The maximum absolute atomic E-state index is 12.9. The molecular weight excluding hydrogens is 492 g/mol. The quantitative estimate of drug-likeness (QED) is 0.177. The van der Waals surface area contributed by atoms with E-state index in [1.807, 2.05) is 30.3 Å². The Labute approximate surface area is 211 Å². The first-order chi connectivity index (χ1) is 17.9. The van der Waals surface area contributed by atoms with Crippen LogP contribution in [0.2, 0.25) is 0 Å². The van der Waals surface area contributed by atoms with Gasteiger partial charge >= 0.3 is 5.63 Å². The predicted molar refractivity (Wildman–Crippen MR) is 140 cm³/mol. The maximum Gasteiger partial charge on any atom is 0.347 e. The molecule has 0 aliphatic heterocycles. The van der Waals surface area contributed by atoms with Gasteiger partial charge in [0.15, 0.2) is 5.78 Å². The summed E-state index contributed by atoms with van der Waals surface area (Å²) in [5.74, 6) is -0.224. The van der Waals surface area contributed by atoms with Gasteiger partial charge in [-0.15, -0.1) is 0 Å². The fourth-order valence-electron chi connectivity index (χ4n) is 3.62.